The molecule has 6 rings (SSSR count). The van der Waals surface area contributed by atoms with E-state index in [1.54, 1.807) is 18.2 Å². The Morgan fingerprint density at radius 2 is 1.57 bits per heavy atom. The molecule has 226 valence electrons. The average Bonchev–Trinajstić information content (AvgIpc) is 2.98. The molecule has 0 heterocycles. The molecular weight excluding hydrogens is 568 g/mol. The Bertz CT molecular complexity index is 1750. The van der Waals surface area contributed by atoms with Gasteiger partial charge in [0.15, 0.2) is 17.1 Å². The van der Waals surface area contributed by atoms with E-state index in [0.29, 0.717) is 30.8 Å². The molecule has 3 aliphatic carbocycles. The van der Waals surface area contributed by atoms with Crippen molar-refractivity contribution in [2.24, 2.45) is 11.8 Å². The van der Waals surface area contributed by atoms with E-state index < -0.39 is 58.5 Å². The van der Waals surface area contributed by atoms with Crippen LogP contribution in [0.1, 0.15) is 35.1 Å². The molecule has 0 unspecified atom stereocenters. The van der Waals surface area contributed by atoms with Crippen molar-refractivity contribution in [3.63, 3.8) is 0 Å². The number of carbonyl (C=O) groups is 3. The predicted octanol–water partition coefficient (Wildman–Crippen LogP) is 4.16. The van der Waals surface area contributed by atoms with E-state index in [9.17, 15) is 45.0 Å². The van der Waals surface area contributed by atoms with Crippen molar-refractivity contribution < 1.29 is 49.8 Å². The van der Waals surface area contributed by atoms with E-state index in [1.807, 2.05) is 36.4 Å². The zero-order chi connectivity index (χ0) is 31.3. The van der Waals surface area contributed by atoms with Crippen LogP contribution in [0, 0.1) is 11.8 Å². The molecule has 0 saturated heterocycles. The fourth-order valence-corrected chi connectivity index (χ4v) is 6.68. The third-order valence-electron chi connectivity index (χ3n) is 8.92. The second kappa shape index (κ2) is 11.0. The number of carbonyl (C=O) groups excluding carboxylic acids is 2. The monoisotopic (exact) mass is 598 g/mol. The number of aliphatic hydroxyl groups is 3. The summed E-state index contributed by atoms with van der Waals surface area (Å²) in [6.45, 7) is 0.885. The Balaban J connectivity index is 1.27. The molecular formula is C34H30O10. The molecule has 1 saturated carbocycles. The zero-order valence-corrected chi connectivity index (χ0v) is 23.5. The average molecular weight is 599 g/mol. The number of phenolic OH excluding ortho intramolecular Hbond substituents is 2. The minimum Gasteiger partial charge on any atom is -0.508 e. The second-order valence-corrected chi connectivity index (χ2v) is 11.5. The lowest BCUT2D eigenvalue weighted by atomic mass is 9.59. The van der Waals surface area contributed by atoms with Gasteiger partial charge in [-0.15, -0.1) is 0 Å². The maximum atomic E-state index is 13.7. The van der Waals surface area contributed by atoms with E-state index in [2.05, 4.69) is 0 Å². The number of Topliss-reactive ketones (excluding diaryl/α,β-unsaturated/α-hetero) is 2. The van der Waals surface area contributed by atoms with Crippen LogP contribution in [-0.2, 0) is 38.6 Å². The third kappa shape index (κ3) is 4.72. The van der Waals surface area contributed by atoms with Crippen LogP contribution < -0.4 is 0 Å². The summed E-state index contributed by atoms with van der Waals surface area (Å²) in [7, 11) is 0. The number of phenols is 2. The molecule has 6 N–H and O–H groups in total. The molecule has 1 fully saturated rings. The highest BCUT2D eigenvalue weighted by Crippen LogP contribution is 2.53. The molecule has 10 nitrogen and oxygen atoms in total. The van der Waals surface area contributed by atoms with Gasteiger partial charge >= 0.3 is 5.97 Å². The van der Waals surface area contributed by atoms with Crippen molar-refractivity contribution in [3.8, 4) is 22.6 Å². The van der Waals surface area contributed by atoms with Gasteiger partial charge in [-0.25, -0.2) is 4.79 Å². The Hall–Kier alpha value is -4.93. The summed E-state index contributed by atoms with van der Waals surface area (Å²) in [5, 5.41) is 62.9. The SMILES string of the molecule is O=C(O)C1=C(O)[C@@]2(O)C(=O)C3=C(O)c4c(O)ccc(-c5ccc(COCCc6ccc(O)cc6)cc5)c4C[C@H]3C[C@H]2CC1=O. The first-order valence-corrected chi connectivity index (χ1v) is 14.2. The smallest absolute Gasteiger partial charge is 0.342 e. The number of carboxylic acids is 1. The van der Waals surface area contributed by atoms with Gasteiger partial charge in [-0.05, 0) is 71.2 Å². The molecule has 0 aromatic heterocycles. The highest BCUT2D eigenvalue weighted by Gasteiger charge is 2.60. The number of hydrogen-bond acceptors (Lipinski definition) is 9. The zero-order valence-electron chi connectivity index (χ0n) is 23.5. The molecule has 0 bridgehead atoms. The summed E-state index contributed by atoms with van der Waals surface area (Å²) in [6, 6.07) is 17.7. The number of hydrogen-bond donors (Lipinski definition) is 6. The van der Waals surface area contributed by atoms with Gasteiger partial charge in [0.25, 0.3) is 0 Å². The summed E-state index contributed by atoms with van der Waals surface area (Å²) in [5.41, 5.74) is 0.181. The largest absolute Gasteiger partial charge is 0.508 e. The van der Waals surface area contributed by atoms with E-state index in [0.717, 1.165) is 16.7 Å². The van der Waals surface area contributed by atoms with E-state index in [-0.39, 0.29) is 35.5 Å². The first kappa shape index (κ1) is 29.2. The van der Waals surface area contributed by atoms with Gasteiger partial charge in [-0.3, -0.25) is 9.59 Å². The van der Waals surface area contributed by atoms with Gasteiger partial charge in [0, 0.05) is 17.9 Å². The fourth-order valence-electron chi connectivity index (χ4n) is 6.68. The van der Waals surface area contributed by atoms with Crippen LogP contribution in [0.15, 0.2) is 77.6 Å². The molecule has 0 radical (unpaired) electrons. The number of benzene rings is 3. The van der Waals surface area contributed by atoms with Crippen molar-refractivity contribution >= 4 is 23.3 Å². The molecule has 0 aliphatic heterocycles. The number of rotatable bonds is 7. The fraction of sp³-hybridized carbons (Fsp3) is 0.265. The minimum absolute atomic E-state index is 0.0271. The topological polar surface area (TPSA) is 182 Å². The third-order valence-corrected chi connectivity index (χ3v) is 8.92. The van der Waals surface area contributed by atoms with Crippen molar-refractivity contribution in [1.82, 2.24) is 0 Å². The minimum atomic E-state index is -2.67. The van der Waals surface area contributed by atoms with Crippen LogP contribution in [0.5, 0.6) is 11.5 Å². The normalized spacial score (nSPS) is 22.8. The van der Waals surface area contributed by atoms with Gasteiger partial charge in [-0.1, -0.05) is 42.5 Å². The van der Waals surface area contributed by atoms with Crippen molar-refractivity contribution in [1.29, 1.82) is 0 Å². The van der Waals surface area contributed by atoms with Gasteiger partial charge < -0.3 is 35.4 Å². The Labute approximate surface area is 251 Å². The van der Waals surface area contributed by atoms with Gasteiger partial charge in [-0.2, -0.15) is 0 Å². The first-order chi connectivity index (χ1) is 21.0. The lowest BCUT2D eigenvalue weighted by molar-refractivity contribution is -0.149. The standard InChI is InChI=1S/C34H30O10/c35-22-7-3-17(4-8-22)11-12-44-16-18-1-5-19(6-2-18)23-9-10-25(36)28-24(23)14-20-13-21-15-26(37)29(33(41)42)32(40)34(21,43)31(39)27(20)30(28)38/h1-10,20-21,35-36,38,40,43H,11-16H2,(H,41,42)/t20-,21+,34+/m1/s1. The Kier molecular flexibility index (Phi) is 7.27. The number of aliphatic carboxylic acids is 1. The van der Waals surface area contributed by atoms with Crippen LogP contribution in [0.3, 0.4) is 0 Å². The molecule has 0 amide bonds. The van der Waals surface area contributed by atoms with Gasteiger partial charge in [0.1, 0.15) is 22.8 Å². The molecule has 3 aromatic carbocycles. The lowest BCUT2D eigenvalue weighted by Crippen LogP contribution is -2.58. The molecule has 10 heteroatoms. The number of aromatic hydroxyl groups is 2. The molecule has 3 aliphatic rings. The van der Waals surface area contributed by atoms with Crippen LogP contribution in [-0.4, -0.2) is 60.4 Å². The molecule has 44 heavy (non-hydrogen) atoms. The van der Waals surface area contributed by atoms with E-state index in [4.69, 9.17) is 4.74 Å². The highest BCUT2D eigenvalue weighted by molar-refractivity contribution is 6.21. The summed E-state index contributed by atoms with van der Waals surface area (Å²) in [5.74, 6) is -7.27. The predicted molar refractivity (Wildman–Crippen MR) is 157 cm³/mol. The van der Waals surface area contributed by atoms with Crippen molar-refractivity contribution in [3.05, 3.63) is 99.8 Å². The number of ketones is 2. The maximum absolute atomic E-state index is 13.7. The quantitative estimate of drug-likeness (QED) is 0.171. The Morgan fingerprint density at radius 1 is 0.886 bits per heavy atom. The lowest BCUT2D eigenvalue weighted by Gasteiger charge is -2.46. The number of ether oxygens (including phenoxy) is 1. The second-order valence-electron chi connectivity index (χ2n) is 11.5. The molecule has 3 atom stereocenters. The van der Waals surface area contributed by atoms with Crippen molar-refractivity contribution in [2.45, 2.75) is 37.9 Å². The van der Waals surface area contributed by atoms with Gasteiger partial charge in [0.05, 0.1) is 18.8 Å². The Morgan fingerprint density at radius 3 is 2.25 bits per heavy atom. The van der Waals surface area contributed by atoms with Crippen LogP contribution in [0.25, 0.3) is 16.9 Å². The van der Waals surface area contributed by atoms with E-state index >= 15 is 0 Å². The van der Waals surface area contributed by atoms with E-state index in [1.165, 1.54) is 6.07 Å². The first-order valence-electron chi connectivity index (χ1n) is 14.2. The summed E-state index contributed by atoms with van der Waals surface area (Å²) in [6.07, 6.45) is 0.475. The van der Waals surface area contributed by atoms with Crippen LogP contribution in [0.4, 0.5) is 0 Å². The molecule has 3 aromatic rings. The highest BCUT2D eigenvalue weighted by atomic mass is 16.5. The number of aliphatic hydroxyl groups excluding tert-OH is 2. The van der Waals surface area contributed by atoms with Gasteiger partial charge in [0.2, 0.25) is 5.78 Å². The number of fused-ring (bicyclic) bond motifs is 3. The summed E-state index contributed by atoms with van der Waals surface area (Å²) in [4.78, 5) is 37.8. The maximum Gasteiger partial charge on any atom is 0.342 e. The van der Waals surface area contributed by atoms with Crippen LogP contribution in [0.2, 0.25) is 0 Å². The molecule has 0 spiro atoms. The number of carboxylic acid groups (broad SMARTS) is 1. The van der Waals surface area contributed by atoms with Crippen molar-refractivity contribution in [2.75, 3.05) is 6.61 Å². The summed E-state index contributed by atoms with van der Waals surface area (Å²) < 4.78 is 5.81. The van der Waals surface area contributed by atoms with Crippen LogP contribution >= 0.6 is 0 Å². The summed E-state index contributed by atoms with van der Waals surface area (Å²) >= 11 is 0.